The van der Waals surface area contributed by atoms with Crippen LogP contribution in [0.1, 0.15) is 33.4 Å². The van der Waals surface area contributed by atoms with Crippen molar-refractivity contribution >= 4 is 17.4 Å². The van der Waals surface area contributed by atoms with Crippen LogP contribution < -0.4 is 5.32 Å². The molecule has 5 nitrogen and oxygen atoms in total. The van der Waals surface area contributed by atoms with E-state index < -0.39 is 5.91 Å². The smallest absolute Gasteiger partial charge is 0.294 e. The summed E-state index contributed by atoms with van der Waals surface area (Å²) in [6, 6.07) is 16.2. The lowest BCUT2D eigenvalue weighted by Gasteiger charge is -2.06. The van der Waals surface area contributed by atoms with E-state index in [1.165, 1.54) is 6.92 Å². The van der Waals surface area contributed by atoms with E-state index in [9.17, 15) is 9.59 Å². The molecule has 0 aliphatic carbocycles. The highest BCUT2D eigenvalue weighted by Crippen LogP contribution is 2.21. The molecule has 1 N–H and O–H groups in total. The van der Waals surface area contributed by atoms with Crippen LogP contribution in [0.4, 0.5) is 5.69 Å². The van der Waals surface area contributed by atoms with Crippen molar-refractivity contribution < 1.29 is 14.1 Å². The highest BCUT2D eigenvalue weighted by atomic mass is 16.5. The van der Waals surface area contributed by atoms with E-state index in [2.05, 4.69) is 10.5 Å². The van der Waals surface area contributed by atoms with Crippen LogP contribution in [0, 0.1) is 6.92 Å². The predicted octanol–water partition coefficient (Wildman–Crippen LogP) is 4.10. The molecule has 120 valence electrons. The molecule has 3 aromatic rings. The summed E-state index contributed by atoms with van der Waals surface area (Å²) in [6.45, 7) is 3.45. The quantitative estimate of drug-likeness (QED) is 0.734. The van der Waals surface area contributed by atoms with E-state index >= 15 is 0 Å². The molecule has 1 amide bonds. The number of carbonyl (C=O) groups is 2. The Hall–Kier alpha value is -3.21. The number of amides is 1. The van der Waals surface area contributed by atoms with Crippen LogP contribution in [-0.4, -0.2) is 16.8 Å². The van der Waals surface area contributed by atoms with Gasteiger partial charge in [-0.2, -0.15) is 0 Å². The van der Waals surface area contributed by atoms with E-state index in [0.717, 1.165) is 11.1 Å². The van der Waals surface area contributed by atoms with Gasteiger partial charge in [0.05, 0.1) is 5.69 Å². The zero-order valence-electron chi connectivity index (χ0n) is 13.4. The lowest BCUT2D eigenvalue weighted by Crippen LogP contribution is -2.13. The lowest BCUT2D eigenvalue weighted by molar-refractivity contribution is 0.0988. The van der Waals surface area contributed by atoms with Gasteiger partial charge in [-0.15, -0.1) is 0 Å². The Labute approximate surface area is 139 Å². The van der Waals surface area contributed by atoms with Crippen molar-refractivity contribution in [2.24, 2.45) is 0 Å². The molecule has 0 spiro atoms. The summed E-state index contributed by atoms with van der Waals surface area (Å²) >= 11 is 0. The standard InChI is InChI=1S/C19H16N2O3/c1-12-7-9-14(10-8-12)17-11-18(24-21-17)19(23)20-16-6-4-3-5-15(16)13(2)22/h3-11H,1-2H3,(H,20,23). The minimum Gasteiger partial charge on any atom is -0.350 e. The van der Waals surface area contributed by atoms with E-state index in [4.69, 9.17) is 4.52 Å². The molecule has 0 fully saturated rings. The number of hydrogen-bond donors (Lipinski definition) is 1. The first kappa shape index (κ1) is 15.7. The van der Waals surface area contributed by atoms with Gasteiger partial charge in [0, 0.05) is 17.2 Å². The second-order valence-corrected chi connectivity index (χ2v) is 5.50. The van der Waals surface area contributed by atoms with Crippen molar-refractivity contribution in [3.05, 3.63) is 71.5 Å². The van der Waals surface area contributed by atoms with Gasteiger partial charge < -0.3 is 9.84 Å². The average Bonchev–Trinajstić information content (AvgIpc) is 3.06. The highest BCUT2D eigenvalue weighted by Gasteiger charge is 2.16. The number of aryl methyl sites for hydroxylation is 1. The Morgan fingerprint density at radius 1 is 1.04 bits per heavy atom. The van der Waals surface area contributed by atoms with Crippen LogP contribution >= 0.6 is 0 Å². The number of hydrogen-bond acceptors (Lipinski definition) is 4. The number of para-hydroxylation sites is 1. The van der Waals surface area contributed by atoms with Crippen LogP contribution in [0.15, 0.2) is 59.1 Å². The molecule has 0 aliphatic heterocycles. The SMILES string of the molecule is CC(=O)c1ccccc1NC(=O)c1cc(-c2ccc(C)cc2)no1. The van der Waals surface area contributed by atoms with Crippen LogP contribution in [0.3, 0.4) is 0 Å². The normalized spacial score (nSPS) is 10.4. The van der Waals surface area contributed by atoms with Gasteiger partial charge in [0.15, 0.2) is 5.78 Å². The number of Topliss-reactive ketones (excluding diaryl/α,β-unsaturated/α-hetero) is 1. The highest BCUT2D eigenvalue weighted by molar-refractivity contribution is 6.08. The molecule has 0 aliphatic rings. The third-order valence-electron chi connectivity index (χ3n) is 3.64. The zero-order chi connectivity index (χ0) is 17.1. The second-order valence-electron chi connectivity index (χ2n) is 5.50. The first-order valence-corrected chi connectivity index (χ1v) is 7.49. The first-order valence-electron chi connectivity index (χ1n) is 7.49. The minimum absolute atomic E-state index is 0.0870. The predicted molar refractivity (Wildman–Crippen MR) is 91.1 cm³/mol. The molecule has 1 aromatic heterocycles. The van der Waals surface area contributed by atoms with E-state index in [1.807, 2.05) is 31.2 Å². The minimum atomic E-state index is -0.449. The average molecular weight is 320 g/mol. The molecule has 0 saturated heterocycles. The summed E-state index contributed by atoms with van der Waals surface area (Å²) in [4.78, 5) is 23.9. The largest absolute Gasteiger partial charge is 0.350 e. The molecule has 0 bridgehead atoms. The van der Waals surface area contributed by atoms with Crippen LogP contribution in [-0.2, 0) is 0 Å². The van der Waals surface area contributed by atoms with Crippen molar-refractivity contribution in [2.75, 3.05) is 5.32 Å². The summed E-state index contributed by atoms with van der Waals surface area (Å²) in [5, 5.41) is 6.62. The third kappa shape index (κ3) is 3.25. The molecular weight excluding hydrogens is 304 g/mol. The Morgan fingerprint density at radius 2 is 1.75 bits per heavy atom. The van der Waals surface area contributed by atoms with Crippen molar-refractivity contribution in [3.8, 4) is 11.3 Å². The number of ketones is 1. The van der Waals surface area contributed by atoms with Gasteiger partial charge in [-0.1, -0.05) is 47.1 Å². The lowest BCUT2D eigenvalue weighted by atomic mass is 10.1. The van der Waals surface area contributed by atoms with Gasteiger partial charge in [-0.05, 0) is 26.0 Å². The molecule has 2 aromatic carbocycles. The molecule has 5 heteroatoms. The molecule has 24 heavy (non-hydrogen) atoms. The maximum atomic E-state index is 12.3. The van der Waals surface area contributed by atoms with Crippen molar-refractivity contribution in [3.63, 3.8) is 0 Å². The Balaban J connectivity index is 1.82. The fourth-order valence-corrected chi connectivity index (χ4v) is 2.33. The van der Waals surface area contributed by atoms with Crippen LogP contribution in [0.5, 0.6) is 0 Å². The van der Waals surface area contributed by atoms with Gasteiger partial charge in [0.2, 0.25) is 5.76 Å². The van der Waals surface area contributed by atoms with Crippen molar-refractivity contribution in [2.45, 2.75) is 13.8 Å². The summed E-state index contributed by atoms with van der Waals surface area (Å²) < 4.78 is 5.14. The van der Waals surface area contributed by atoms with Gasteiger partial charge in [-0.3, -0.25) is 9.59 Å². The number of nitrogens with zero attached hydrogens (tertiary/aromatic N) is 1. The fourth-order valence-electron chi connectivity index (χ4n) is 2.33. The molecule has 0 saturated carbocycles. The summed E-state index contributed by atoms with van der Waals surface area (Å²) in [7, 11) is 0. The number of rotatable bonds is 4. The summed E-state index contributed by atoms with van der Waals surface area (Å²) in [5.74, 6) is -0.484. The molecule has 0 unspecified atom stereocenters. The number of nitrogens with one attached hydrogen (secondary N) is 1. The number of carbonyl (C=O) groups excluding carboxylic acids is 2. The summed E-state index contributed by atoms with van der Waals surface area (Å²) in [5.41, 5.74) is 3.49. The Bertz CT molecular complexity index is 895. The Morgan fingerprint density at radius 3 is 2.46 bits per heavy atom. The maximum Gasteiger partial charge on any atom is 0.294 e. The molecule has 3 rings (SSSR count). The van der Waals surface area contributed by atoms with E-state index in [1.54, 1.807) is 30.3 Å². The summed E-state index contributed by atoms with van der Waals surface area (Å²) in [6.07, 6.45) is 0. The molecular formula is C19H16N2O3. The topological polar surface area (TPSA) is 72.2 Å². The van der Waals surface area contributed by atoms with E-state index in [-0.39, 0.29) is 11.5 Å². The number of aromatic nitrogens is 1. The number of anilines is 1. The van der Waals surface area contributed by atoms with Crippen LogP contribution in [0.25, 0.3) is 11.3 Å². The fraction of sp³-hybridized carbons (Fsp3) is 0.105. The van der Waals surface area contributed by atoms with E-state index in [0.29, 0.717) is 16.9 Å². The second kappa shape index (κ2) is 6.50. The van der Waals surface area contributed by atoms with Gasteiger partial charge in [0.1, 0.15) is 5.69 Å². The number of benzene rings is 2. The van der Waals surface area contributed by atoms with Crippen molar-refractivity contribution in [1.29, 1.82) is 0 Å². The third-order valence-corrected chi connectivity index (χ3v) is 3.64. The maximum absolute atomic E-state index is 12.3. The molecule has 1 heterocycles. The molecule has 0 atom stereocenters. The van der Waals surface area contributed by atoms with Crippen molar-refractivity contribution in [1.82, 2.24) is 5.16 Å². The zero-order valence-corrected chi connectivity index (χ0v) is 13.4. The monoisotopic (exact) mass is 320 g/mol. The van der Waals surface area contributed by atoms with Crippen LogP contribution in [0.2, 0.25) is 0 Å². The Kier molecular flexibility index (Phi) is 4.24. The van der Waals surface area contributed by atoms with Gasteiger partial charge >= 0.3 is 0 Å². The van der Waals surface area contributed by atoms with Gasteiger partial charge in [-0.25, -0.2) is 0 Å². The van der Waals surface area contributed by atoms with Gasteiger partial charge in [0.25, 0.3) is 5.91 Å². The first-order chi connectivity index (χ1) is 11.5. The molecule has 0 radical (unpaired) electrons.